The van der Waals surface area contributed by atoms with Crippen LogP contribution < -0.4 is 5.32 Å². The largest absolute Gasteiger partial charge is 0.400 e. The summed E-state index contributed by atoms with van der Waals surface area (Å²) in [5.74, 6) is 0.154. The molecule has 1 aromatic rings. The van der Waals surface area contributed by atoms with Crippen molar-refractivity contribution in [2.24, 2.45) is 0 Å². The predicted molar refractivity (Wildman–Crippen MR) is 92.3 cm³/mol. The van der Waals surface area contributed by atoms with Crippen LogP contribution in [0.4, 0.5) is 5.69 Å². The minimum absolute atomic E-state index is 0.0360. The molecule has 1 aliphatic heterocycles. The highest BCUT2D eigenvalue weighted by molar-refractivity contribution is 5.96. The Morgan fingerprint density at radius 2 is 1.82 bits per heavy atom. The number of likely N-dealkylation sites (N-methyl/N-ethyl adjacent to an activating group) is 1. The highest BCUT2D eigenvalue weighted by Crippen LogP contribution is 2.24. The number of likely N-dealkylation sites (tertiary alicyclic amines) is 1. The molecule has 0 bridgehead atoms. The van der Waals surface area contributed by atoms with E-state index in [4.69, 9.17) is 5.11 Å². The van der Waals surface area contributed by atoms with Gasteiger partial charge in [0.15, 0.2) is 0 Å². The first-order chi connectivity index (χ1) is 10.5. The quantitative estimate of drug-likeness (QED) is 0.902. The lowest BCUT2D eigenvalue weighted by Crippen LogP contribution is -2.47. The van der Waals surface area contributed by atoms with Gasteiger partial charge in [-0.15, -0.1) is 0 Å². The summed E-state index contributed by atoms with van der Waals surface area (Å²) in [4.78, 5) is 14.9. The number of benzene rings is 1. The fraction of sp³-hybridized carbons (Fsp3) is 0.611. The number of carbonyl (C=O) groups excluding carboxylic acids is 1. The van der Waals surface area contributed by atoms with Gasteiger partial charge in [0.1, 0.15) is 0 Å². The number of aryl methyl sites for hydroxylation is 3. The van der Waals surface area contributed by atoms with Crippen LogP contribution in [0.15, 0.2) is 12.1 Å². The summed E-state index contributed by atoms with van der Waals surface area (Å²) in [6.07, 6.45) is 3.34. The number of nitrogens with zero attached hydrogens (tertiary/aromatic N) is 1. The summed E-state index contributed by atoms with van der Waals surface area (Å²) >= 11 is 0. The smallest absolute Gasteiger partial charge is 0.241 e. The molecule has 1 fully saturated rings. The molecule has 0 saturated carbocycles. The lowest BCUT2D eigenvalue weighted by atomic mass is 10.0. The van der Waals surface area contributed by atoms with Crippen LogP contribution in [0.25, 0.3) is 0 Å². The van der Waals surface area contributed by atoms with Gasteiger partial charge in [0.2, 0.25) is 5.91 Å². The van der Waals surface area contributed by atoms with Crippen molar-refractivity contribution in [3.05, 3.63) is 28.8 Å². The third kappa shape index (κ3) is 4.55. The molecule has 22 heavy (non-hydrogen) atoms. The van der Waals surface area contributed by atoms with Crippen LogP contribution in [0.3, 0.4) is 0 Å². The Morgan fingerprint density at radius 1 is 1.23 bits per heavy atom. The molecule has 1 aromatic carbocycles. The van der Waals surface area contributed by atoms with Crippen LogP contribution in [-0.4, -0.2) is 42.2 Å². The van der Waals surface area contributed by atoms with Crippen LogP contribution in [0, 0.1) is 20.8 Å². The average Bonchev–Trinajstić information content (AvgIpc) is 2.52. The van der Waals surface area contributed by atoms with Gasteiger partial charge in [-0.1, -0.05) is 31.0 Å². The lowest BCUT2D eigenvalue weighted by molar-refractivity contribution is -0.122. The van der Waals surface area contributed by atoms with Gasteiger partial charge >= 0.3 is 0 Å². The van der Waals surface area contributed by atoms with E-state index in [1.807, 2.05) is 0 Å². The van der Waals surface area contributed by atoms with E-state index < -0.39 is 0 Å². The minimum atomic E-state index is 0.0360. The van der Waals surface area contributed by atoms with Crippen molar-refractivity contribution >= 4 is 11.6 Å². The standard InChI is InChI=1S/C17H26N2O.CH4O/c1-5-19-9-7-6-8-15(19)17(20)18-16-13(3)10-12(2)11-14(16)4;1-2/h10-11,15H,5-9H2,1-4H3,(H,18,20);2H,1H3. The average molecular weight is 306 g/mol. The number of rotatable bonds is 3. The molecule has 1 amide bonds. The number of amides is 1. The van der Waals surface area contributed by atoms with E-state index in [1.54, 1.807) is 0 Å². The van der Waals surface area contributed by atoms with Crippen molar-refractivity contribution < 1.29 is 9.90 Å². The molecule has 2 rings (SSSR count). The van der Waals surface area contributed by atoms with Gasteiger partial charge in [0.25, 0.3) is 0 Å². The summed E-state index contributed by atoms with van der Waals surface area (Å²) in [7, 11) is 1.00. The topological polar surface area (TPSA) is 52.6 Å². The first-order valence-electron chi connectivity index (χ1n) is 8.10. The van der Waals surface area contributed by atoms with Crippen LogP contribution >= 0.6 is 0 Å². The number of piperidine rings is 1. The van der Waals surface area contributed by atoms with Crippen LogP contribution in [0.1, 0.15) is 42.9 Å². The van der Waals surface area contributed by atoms with Crippen molar-refractivity contribution in [1.29, 1.82) is 0 Å². The summed E-state index contributed by atoms with van der Waals surface area (Å²) in [5.41, 5.74) is 4.53. The van der Waals surface area contributed by atoms with E-state index in [9.17, 15) is 4.79 Å². The zero-order chi connectivity index (χ0) is 16.7. The molecular weight excluding hydrogens is 276 g/mol. The Labute approximate surface area is 134 Å². The molecule has 1 heterocycles. The minimum Gasteiger partial charge on any atom is -0.400 e. The van der Waals surface area contributed by atoms with Crippen molar-refractivity contribution in [3.63, 3.8) is 0 Å². The second-order valence-corrected chi connectivity index (χ2v) is 5.90. The first kappa shape index (κ1) is 18.7. The molecule has 1 saturated heterocycles. The Morgan fingerprint density at radius 3 is 2.36 bits per heavy atom. The van der Waals surface area contributed by atoms with Crippen LogP contribution in [0.2, 0.25) is 0 Å². The number of hydrogen-bond acceptors (Lipinski definition) is 3. The third-order valence-corrected chi connectivity index (χ3v) is 4.25. The summed E-state index contributed by atoms with van der Waals surface area (Å²) in [6, 6.07) is 4.29. The van der Waals surface area contributed by atoms with E-state index in [-0.39, 0.29) is 11.9 Å². The van der Waals surface area contributed by atoms with Crippen LogP contribution in [-0.2, 0) is 4.79 Å². The molecule has 2 N–H and O–H groups in total. The highest BCUT2D eigenvalue weighted by atomic mass is 16.2. The molecular formula is C18H30N2O2. The molecule has 124 valence electrons. The van der Waals surface area contributed by atoms with Crippen molar-refractivity contribution in [3.8, 4) is 0 Å². The molecule has 1 aliphatic rings. The molecule has 0 aromatic heterocycles. The molecule has 1 unspecified atom stereocenters. The normalized spacial score (nSPS) is 18.4. The van der Waals surface area contributed by atoms with Crippen molar-refractivity contribution in [2.45, 2.75) is 53.0 Å². The Hall–Kier alpha value is -1.39. The van der Waals surface area contributed by atoms with Gasteiger partial charge in [-0.25, -0.2) is 0 Å². The van der Waals surface area contributed by atoms with E-state index in [1.165, 1.54) is 12.0 Å². The number of aliphatic hydroxyl groups is 1. The molecule has 0 aliphatic carbocycles. The lowest BCUT2D eigenvalue weighted by Gasteiger charge is -2.33. The first-order valence-corrected chi connectivity index (χ1v) is 8.10. The van der Waals surface area contributed by atoms with Crippen LogP contribution in [0.5, 0.6) is 0 Å². The molecule has 0 spiro atoms. The summed E-state index contributed by atoms with van der Waals surface area (Å²) in [6.45, 7) is 10.3. The molecule has 0 radical (unpaired) electrons. The Kier molecular flexibility index (Phi) is 7.56. The maximum atomic E-state index is 12.6. The van der Waals surface area contributed by atoms with E-state index in [2.05, 4.69) is 50.0 Å². The van der Waals surface area contributed by atoms with Gasteiger partial charge in [-0.3, -0.25) is 9.69 Å². The van der Waals surface area contributed by atoms with Crippen molar-refractivity contribution in [1.82, 2.24) is 4.90 Å². The predicted octanol–water partition coefficient (Wildman–Crippen LogP) is 3.03. The Bertz CT molecular complexity index is 477. The number of hydrogen-bond donors (Lipinski definition) is 2. The zero-order valence-corrected chi connectivity index (χ0v) is 14.6. The highest BCUT2D eigenvalue weighted by Gasteiger charge is 2.27. The third-order valence-electron chi connectivity index (χ3n) is 4.25. The number of carbonyl (C=O) groups is 1. The van der Waals surface area contributed by atoms with Gasteiger partial charge in [-0.2, -0.15) is 0 Å². The monoisotopic (exact) mass is 306 g/mol. The SMILES string of the molecule is CCN1CCCCC1C(=O)Nc1c(C)cc(C)cc1C.CO. The number of nitrogens with one attached hydrogen (secondary N) is 1. The molecule has 4 nitrogen and oxygen atoms in total. The fourth-order valence-electron chi connectivity index (χ4n) is 3.25. The molecule has 1 atom stereocenters. The Balaban J connectivity index is 0.00000116. The molecule has 4 heteroatoms. The van der Waals surface area contributed by atoms with Gasteiger partial charge < -0.3 is 10.4 Å². The summed E-state index contributed by atoms with van der Waals surface area (Å²) in [5, 5.41) is 10.2. The van der Waals surface area contributed by atoms with Crippen molar-refractivity contribution in [2.75, 3.05) is 25.5 Å². The second-order valence-electron chi connectivity index (χ2n) is 5.90. The van der Waals surface area contributed by atoms with Gasteiger partial charge in [0, 0.05) is 12.8 Å². The fourth-order valence-corrected chi connectivity index (χ4v) is 3.25. The summed E-state index contributed by atoms with van der Waals surface area (Å²) < 4.78 is 0. The second kappa shape index (κ2) is 8.91. The number of aliphatic hydroxyl groups excluding tert-OH is 1. The van der Waals surface area contributed by atoms with Gasteiger partial charge in [0.05, 0.1) is 6.04 Å². The maximum Gasteiger partial charge on any atom is 0.241 e. The van der Waals surface area contributed by atoms with E-state index in [0.717, 1.165) is 49.9 Å². The number of anilines is 1. The van der Waals surface area contributed by atoms with E-state index in [0.29, 0.717) is 0 Å². The van der Waals surface area contributed by atoms with Gasteiger partial charge in [-0.05, 0) is 57.8 Å². The maximum absolute atomic E-state index is 12.6. The van der Waals surface area contributed by atoms with E-state index >= 15 is 0 Å². The zero-order valence-electron chi connectivity index (χ0n) is 14.6.